The molecule has 0 saturated carbocycles. The van der Waals surface area contributed by atoms with Crippen molar-refractivity contribution in [3.05, 3.63) is 69.7 Å². The first-order chi connectivity index (χ1) is 14.8. The second kappa shape index (κ2) is 8.31. The van der Waals surface area contributed by atoms with Gasteiger partial charge in [0.05, 0.1) is 0 Å². The largest absolute Gasteiger partial charge is 0.345 e. The minimum Gasteiger partial charge on any atom is -0.345 e. The number of hydrogen-bond acceptors (Lipinski definition) is 5. The van der Waals surface area contributed by atoms with Crippen LogP contribution in [0.5, 0.6) is 0 Å². The highest BCUT2D eigenvalue weighted by molar-refractivity contribution is 6.43. The van der Waals surface area contributed by atoms with Gasteiger partial charge in [-0.25, -0.2) is 0 Å². The van der Waals surface area contributed by atoms with Gasteiger partial charge in [-0.2, -0.15) is 0 Å². The van der Waals surface area contributed by atoms with Gasteiger partial charge in [-0.1, -0.05) is 23.7 Å². The summed E-state index contributed by atoms with van der Waals surface area (Å²) in [5.74, 6) is -2.59. The smallest absolute Gasteiger partial charge is 0.292 e. The predicted octanol–water partition coefficient (Wildman–Crippen LogP) is 1.60. The van der Waals surface area contributed by atoms with Gasteiger partial charge in [-0.15, -0.1) is 0 Å². The number of carbonyl (C=O) groups is 5. The zero-order valence-corrected chi connectivity index (χ0v) is 17.1. The minimum absolute atomic E-state index is 0.0534. The van der Waals surface area contributed by atoms with Crippen LogP contribution in [0.2, 0.25) is 5.02 Å². The number of hydrogen-bond donors (Lipinski definition) is 2. The minimum atomic E-state index is -0.772. The van der Waals surface area contributed by atoms with Crippen LogP contribution in [0.3, 0.4) is 0 Å². The number of nitrogens with one attached hydrogen (secondary N) is 2. The number of ketones is 1. The lowest BCUT2D eigenvalue weighted by Crippen LogP contribution is -2.52. The van der Waals surface area contributed by atoms with Crippen molar-refractivity contribution in [3.8, 4) is 0 Å². The lowest BCUT2D eigenvalue weighted by Gasteiger charge is -2.29. The summed E-state index contributed by atoms with van der Waals surface area (Å²) < 4.78 is 0. The van der Waals surface area contributed by atoms with Gasteiger partial charge in [0.25, 0.3) is 11.8 Å². The van der Waals surface area contributed by atoms with Gasteiger partial charge in [0.15, 0.2) is 0 Å². The first-order valence-electron chi connectivity index (χ1n) is 9.68. The fourth-order valence-electron chi connectivity index (χ4n) is 3.80. The van der Waals surface area contributed by atoms with Crippen molar-refractivity contribution in [2.75, 3.05) is 0 Å². The third kappa shape index (κ3) is 4.06. The molecule has 1 unspecified atom stereocenters. The van der Waals surface area contributed by atoms with Crippen LogP contribution in [0, 0.1) is 0 Å². The molecule has 2 aliphatic heterocycles. The van der Waals surface area contributed by atoms with E-state index in [0.29, 0.717) is 21.7 Å². The highest BCUT2D eigenvalue weighted by Crippen LogP contribution is 2.29. The van der Waals surface area contributed by atoms with E-state index in [4.69, 9.17) is 11.6 Å². The molecule has 1 atom stereocenters. The van der Waals surface area contributed by atoms with Gasteiger partial charge >= 0.3 is 0 Å². The summed E-state index contributed by atoms with van der Waals surface area (Å²) in [6.45, 7) is 0.245. The summed E-state index contributed by atoms with van der Waals surface area (Å²) >= 11 is 5.80. The zero-order chi connectivity index (χ0) is 22.1. The van der Waals surface area contributed by atoms with E-state index in [2.05, 4.69) is 10.6 Å². The SMILES string of the molecule is O=C1CCC(N2Cc3c(CNC(=O)C(=O)c4ccc(Cl)cc4)cccc3C2=O)C(=O)N1. The van der Waals surface area contributed by atoms with Crippen LogP contribution in [-0.4, -0.2) is 40.4 Å². The van der Waals surface area contributed by atoms with Crippen molar-refractivity contribution < 1.29 is 24.0 Å². The molecule has 9 heteroatoms. The molecule has 2 aromatic rings. The zero-order valence-electron chi connectivity index (χ0n) is 16.3. The van der Waals surface area contributed by atoms with Gasteiger partial charge < -0.3 is 10.2 Å². The van der Waals surface area contributed by atoms with Crippen LogP contribution in [0.1, 0.15) is 44.7 Å². The molecule has 2 N–H and O–H groups in total. The Morgan fingerprint density at radius 2 is 1.84 bits per heavy atom. The fourth-order valence-corrected chi connectivity index (χ4v) is 3.93. The normalized spacial score (nSPS) is 17.9. The van der Waals surface area contributed by atoms with E-state index >= 15 is 0 Å². The first kappa shape index (κ1) is 20.7. The van der Waals surface area contributed by atoms with E-state index in [1.54, 1.807) is 18.2 Å². The molecule has 158 valence electrons. The Morgan fingerprint density at radius 1 is 1.10 bits per heavy atom. The maximum Gasteiger partial charge on any atom is 0.292 e. The number of carbonyl (C=O) groups excluding carboxylic acids is 5. The molecule has 31 heavy (non-hydrogen) atoms. The molecule has 0 aliphatic carbocycles. The average molecular weight is 440 g/mol. The third-order valence-corrected chi connectivity index (χ3v) is 5.68. The summed E-state index contributed by atoms with van der Waals surface area (Å²) in [5.41, 5.74) is 2.04. The Morgan fingerprint density at radius 3 is 2.55 bits per heavy atom. The van der Waals surface area contributed by atoms with Crippen LogP contribution < -0.4 is 10.6 Å². The molecule has 0 aromatic heterocycles. The summed E-state index contributed by atoms with van der Waals surface area (Å²) in [5, 5.41) is 5.32. The number of imide groups is 1. The van der Waals surface area contributed by atoms with Crippen molar-refractivity contribution in [2.24, 2.45) is 0 Å². The summed E-state index contributed by atoms with van der Waals surface area (Å²) in [6.07, 6.45) is 0.443. The number of nitrogens with zero attached hydrogens (tertiary/aromatic N) is 1. The molecule has 2 aromatic carbocycles. The fraction of sp³-hybridized carbons (Fsp3) is 0.227. The Labute approximate surface area is 182 Å². The molecule has 8 nitrogen and oxygen atoms in total. The van der Waals surface area contributed by atoms with Crippen LogP contribution in [0.25, 0.3) is 0 Å². The number of fused-ring (bicyclic) bond motifs is 1. The number of Topliss-reactive ketones (excluding diaryl/α,β-unsaturated/α-hetero) is 1. The molecule has 0 spiro atoms. The molecular formula is C22H18ClN3O5. The van der Waals surface area contributed by atoms with Gasteiger partial charge in [0.2, 0.25) is 17.6 Å². The van der Waals surface area contributed by atoms with E-state index in [1.807, 2.05) is 0 Å². The molecule has 2 aliphatic rings. The van der Waals surface area contributed by atoms with E-state index in [1.165, 1.54) is 29.2 Å². The van der Waals surface area contributed by atoms with E-state index in [9.17, 15) is 24.0 Å². The standard InChI is InChI=1S/C22H18ClN3O5/c23-14-6-4-12(5-7-14)19(28)21(30)24-10-13-2-1-3-15-16(13)11-26(22(15)31)17-8-9-18(27)25-20(17)29/h1-7,17H,8-11H2,(H,24,30)(H,25,27,29). The van der Waals surface area contributed by atoms with Crippen LogP contribution in [0.4, 0.5) is 0 Å². The second-order valence-electron chi connectivity index (χ2n) is 7.36. The first-order valence-corrected chi connectivity index (χ1v) is 10.1. The molecule has 4 amide bonds. The summed E-state index contributed by atoms with van der Waals surface area (Å²) in [4.78, 5) is 62.5. The number of piperidine rings is 1. The van der Waals surface area contributed by atoms with Crippen LogP contribution >= 0.6 is 11.6 Å². The summed E-state index contributed by atoms with van der Waals surface area (Å²) in [6, 6.07) is 10.4. The third-order valence-electron chi connectivity index (χ3n) is 5.43. The Hall–Kier alpha value is -3.52. The van der Waals surface area contributed by atoms with Crippen molar-refractivity contribution in [3.63, 3.8) is 0 Å². The number of halogens is 1. The molecule has 0 radical (unpaired) electrons. The molecule has 2 heterocycles. The number of amides is 4. The lowest BCUT2D eigenvalue weighted by molar-refractivity contribution is -0.136. The average Bonchev–Trinajstić information content (AvgIpc) is 3.09. The van der Waals surface area contributed by atoms with Crippen LogP contribution in [0.15, 0.2) is 42.5 Å². The highest BCUT2D eigenvalue weighted by atomic mass is 35.5. The number of benzene rings is 2. The van der Waals surface area contributed by atoms with Gasteiger partial charge in [-0.05, 0) is 47.9 Å². The predicted molar refractivity (Wildman–Crippen MR) is 110 cm³/mol. The van der Waals surface area contributed by atoms with Gasteiger partial charge in [0.1, 0.15) is 6.04 Å². The maximum atomic E-state index is 12.8. The molecular weight excluding hydrogens is 422 g/mol. The van der Waals surface area contributed by atoms with E-state index in [-0.39, 0.29) is 43.3 Å². The highest BCUT2D eigenvalue weighted by Gasteiger charge is 2.39. The summed E-state index contributed by atoms with van der Waals surface area (Å²) in [7, 11) is 0. The van der Waals surface area contributed by atoms with E-state index in [0.717, 1.165) is 0 Å². The quantitative estimate of drug-likeness (QED) is 0.417. The molecule has 1 fully saturated rings. The molecule has 1 saturated heterocycles. The van der Waals surface area contributed by atoms with Crippen molar-refractivity contribution in [1.82, 2.24) is 15.5 Å². The second-order valence-corrected chi connectivity index (χ2v) is 7.80. The van der Waals surface area contributed by atoms with Gasteiger partial charge in [-0.3, -0.25) is 29.3 Å². The lowest BCUT2D eigenvalue weighted by atomic mass is 10.0. The van der Waals surface area contributed by atoms with Crippen molar-refractivity contribution in [1.29, 1.82) is 0 Å². The Bertz CT molecular complexity index is 1110. The molecule has 4 rings (SSSR count). The van der Waals surface area contributed by atoms with Gasteiger partial charge in [0, 0.05) is 35.7 Å². The Balaban J connectivity index is 1.47. The van der Waals surface area contributed by atoms with Crippen molar-refractivity contribution >= 4 is 41.0 Å². The van der Waals surface area contributed by atoms with E-state index < -0.39 is 23.6 Å². The monoisotopic (exact) mass is 439 g/mol. The molecule has 0 bridgehead atoms. The number of rotatable bonds is 5. The topological polar surface area (TPSA) is 113 Å². The van der Waals surface area contributed by atoms with Crippen LogP contribution in [-0.2, 0) is 27.5 Å². The van der Waals surface area contributed by atoms with Crippen molar-refractivity contribution in [2.45, 2.75) is 32.0 Å². The maximum absolute atomic E-state index is 12.8. The Kier molecular flexibility index (Phi) is 5.56.